The number of rotatable bonds is 6. The van der Waals surface area contributed by atoms with Crippen LogP contribution in [0.3, 0.4) is 0 Å². The Morgan fingerprint density at radius 1 is 0.625 bits per heavy atom. The van der Waals surface area contributed by atoms with Gasteiger partial charge in [-0.25, -0.2) is 9.13 Å². The second-order valence-electron chi connectivity index (χ2n) is 5.93. The van der Waals surface area contributed by atoms with E-state index in [9.17, 15) is 0 Å². The number of hydrogen-bond donors (Lipinski definition) is 0. The van der Waals surface area contributed by atoms with Gasteiger partial charge in [0.15, 0.2) is 24.8 Å². The zero-order chi connectivity index (χ0) is 16.2. The Bertz CT molecular complexity index is 461. The molecule has 2 aromatic heterocycles. The lowest BCUT2D eigenvalue weighted by Crippen LogP contribution is -3.00. The molecule has 0 aliphatic carbocycles. The fourth-order valence-corrected chi connectivity index (χ4v) is 2.04. The first-order chi connectivity index (χ1) is 10.7. The molecule has 0 aliphatic rings. The first-order valence-corrected chi connectivity index (χ1v) is 8.57. The highest BCUT2D eigenvalue weighted by Gasteiger charge is 1.96. The van der Waals surface area contributed by atoms with E-state index in [1.54, 1.807) is 0 Å². The lowest BCUT2D eigenvalue weighted by Gasteiger charge is -1.94. The Balaban J connectivity index is 0. The molecule has 2 heterocycles. The van der Waals surface area contributed by atoms with Crippen LogP contribution in [-0.4, -0.2) is 0 Å². The summed E-state index contributed by atoms with van der Waals surface area (Å²) < 4.78 is 4.47. The van der Waals surface area contributed by atoms with Gasteiger partial charge in [0.2, 0.25) is 0 Å². The molecule has 2 aromatic rings. The van der Waals surface area contributed by atoms with Crippen LogP contribution in [0.25, 0.3) is 0 Å². The number of nitrogens with zero attached hydrogens (tertiary/aromatic N) is 2. The van der Waals surface area contributed by atoms with Gasteiger partial charge >= 0.3 is 0 Å². The highest BCUT2D eigenvalue weighted by atomic mass is 35.5. The highest BCUT2D eigenvalue weighted by Crippen LogP contribution is 1.92. The van der Waals surface area contributed by atoms with Crippen molar-refractivity contribution in [1.29, 1.82) is 0 Å². The minimum atomic E-state index is 0. The van der Waals surface area contributed by atoms with E-state index in [0.717, 1.165) is 13.1 Å². The Kier molecular flexibility index (Phi) is 16.1. The van der Waals surface area contributed by atoms with E-state index in [4.69, 9.17) is 0 Å². The summed E-state index contributed by atoms with van der Waals surface area (Å²) in [6.07, 6.45) is 13.6. The average molecular weight is 371 g/mol. The number of halogens is 2. The van der Waals surface area contributed by atoms with Gasteiger partial charge in [0, 0.05) is 37.1 Å². The fourth-order valence-electron chi connectivity index (χ4n) is 2.04. The minimum absolute atomic E-state index is 0. The second-order valence-corrected chi connectivity index (χ2v) is 5.93. The predicted molar refractivity (Wildman–Crippen MR) is 92.6 cm³/mol. The molecule has 0 atom stereocenters. The number of hydrogen-bond acceptors (Lipinski definition) is 0. The Labute approximate surface area is 160 Å². The first-order valence-electron chi connectivity index (χ1n) is 8.57. The summed E-state index contributed by atoms with van der Waals surface area (Å²) in [5, 5.41) is 0. The zero-order valence-electron chi connectivity index (χ0n) is 15.5. The summed E-state index contributed by atoms with van der Waals surface area (Å²) in [6.45, 7) is 11.0. The van der Waals surface area contributed by atoms with E-state index >= 15 is 0 Å². The molecule has 136 valence electrons. The lowest BCUT2D eigenvalue weighted by atomic mass is 10.3. The van der Waals surface area contributed by atoms with Gasteiger partial charge in [-0.05, 0) is 25.0 Å². The monoisotopic (exact) mass is 370 g/mol. The molecule has 0 saturated carbocycles. The largest absolute Gasteiger partial charge is 1.00 e. The third kappa shape index (κ3) is 11.4. The molecule has 0 radical (unpaired) electrons. The van der Waals surface area contributed by atoms with E-state index < -0.39 is 0 Å². The van der Waals surface area contributed by atoms with Gasteiger partial charge in [-0.15, -0.1) is 0 Å². The number of pyridine rings is 2. The molecule has 2 nitrogen and oxygen atoms in total. The maximum absolute atomic E-state index is 2.23. The van der Waals surface area contributed by atoms with Crippen LogP contribution in [0.2, 0.25) is 0 Å². The van der Waals surface area contributed by atoms with Crippen LogP contribution in [0.5, 0.6) is 0 Å². The van der Waals surface area contributed by atoms with Crippen molar-refractivity contribution in [3.05, 3.63) is 60.2 Å². The third-order valence-electron chi connectivity index (χ3n) is 3.66. The van der Waals surface area contributed by atoms with Gasteiger partial charge in [-0.3, -0.25) is 0 Å². The molecule has 0 aromatic carbocycles. The normalized spacial score (nSPS) is 9.17. The molecular weight excluding hydrogens is 339 g/mol. The van der Waals surface area contributed by atoms with Gasteiger partial charge in [-0.2, -0.15) is 0 Å². The summed E-state index contributed by atoms with van der Waals surface area (Å²) in [4.78, 5) is 0. The molecule has 0 fully saturated rings. The molecule has 24 heavy (non-hydrogen) atoms. The summed E-state index contributed by atoms with van der Waals surface area (Å²) in [5.41, 5.74) is 2.66. The van der Waals surface area contributed by atoms with Crippen molar-refractivity contribution < 1.29 is 33.9 Å². The van der Waals surface area contributed by atoms with Crippen molar-refractivity contribution in [1.82, 2.24) is 0 Å². The Morgan fingerprint density at radius 2 is 0.917 bits per heavy atom. The molecule has 0 aliphatic heterocycles. The van der Waals surface area contributed by atoms with Crippen LogP contribution in [-0.2, 0) is 13.1 Å². The minimum Gasteiger partial charge on any atom is -1.00 e. The predicted octanol–water partition coefficient (Wildman–Crippen LogP) is -1.83. The van der Waals surface area contributed by atoms with E-state index in [1.165, 1.54) is 36.8 Å². The molecule has 2 rings (SSSR count). The number of aryl methyl sites for hydroxylation is 4. The highest BCUT2D eigenvalue weighted by molar-refractivity contribution is 5.03. The molecule has 4 heteroatoms. The molecule has 0 bridgehead atoms. The SMILES string of the molecule is CCCC[n+]1ccc(C)cc1.CCCC[n+]1ccc(C)cc1.[Cl-].[Cl-]. The molecule has 0 saturated heterocycles. The third-order valence-corrected chi connectivity index (χ3v) is 3.66. The van der Waals surface area contributed by atoms with E-state index in [1.807, 2.05) is 0 Å². The van der Waals surface area contributed by atoms with Gasteiger partial charge in [-0.1, -0.05) is 26.7 Å². The van der Waals surface area contributed by atoms with Gasteiger partial charge < -0.3 is 24.8 Å². The molecule has 0 unspecified atom stereocenters. The van der Waals surface area contributed by atoms with E-state index in [-0.39, 0.29) is 24.8 Å². The quantitative estimate of drug-likeness (QED) is 0.528. The van der Waals surface area contributed by atoms with Crippen LogP contribution in [0.4, 0.5) is 0 Å². The van der Waals surface area contributed by atoms with Crippen LogP contribution in [0.15, 0.2) is 49.1 Å². The Hall–Kier alpha value is -1.12. The molecule has 0 amide bonds. The average Bonchev–Trinajstić information content (AvgIpc) is 2.54. The van der Waals surface area contributed by atoms with E-state index in [2.05, 4.69) is 85.9 Å². The Morgan fingerprint density at radius 3 is 1.17 bits per heavy atom. The summed E-state index contributed by atoms with van der Waals surface area (Å²) in [7, 11) is 0. The van der Waals surface area contributed by atoms with Crippen molar-refractivity contribution in [3.63, 3.8) is 0 Å². The van der Waals surface area contributed by atoms with Crippen LogP contribution < -0.4 is 33.9 Å². The lowest BCUT2D eigenvalue weighted by molar-refractivity contribution is -0.697. The smallest absolute Gasteiger partial charge is 0.169 e. The van der Waals surface area contributed by atoms with Crippen LogP contribution in [0, 0.1) is 13.8 Å². The van der Waals surface area contributed by atoms with Crippen molar-refractivity contribution in [2.45, 2.75) is 66.5 Å². The number of unbranched alkanes of at least 4 members (excludes halogenated alkanes) is 2. The maximum Gasteiger partial charge on any atom is 0.169 e. The van der Waals surface area contributed by atoms with Gasteiger partial charge in [0.05, 0.1) is 0 Å². The summed E-state index contributed by atoms with van der Waals surface area (Å²) in [5.74, 6) is 0. The van der Waals surface area contributed by atoms with Crippen molar-refractivity contribution >= 4 is 0 Å². The van der Waals surface area contributed by atoms with Crippen molar-refractivity contribution in [2.24, 2.45) is 0 Å². The van der Waals surface area contributed by atoms with E-state index in [0.29, 0.717) is 0 Å². The fraction of sp³-hybridized carbons (Fsp3) is 0.500. The topological polar surface area (TPSA) is 7.76 Å². The van der Waals surface area contributed by atoms with Gasteiger partial charge in [0.25, 0.3) is 0 Å². The van der Waals surface area contributed by atoms with Crippen molar-refractivity contribution in [2.75, 3.05) is 0 Å². The molecular formula is C20H32Cl2N2. The molecule has 0 spiro atoms. The number of aromatic nitrogens is 2. The first kappa shape index (κ1) is 25.1. The van der Waals surface area contributed by atoms with Crippen LogP contribution in [0.1, 0.15) is 50.7 Å². The zero-order valence-corrected chi connectivity index (χ0v) is 17.0. The van der Waals surface area contributed by atoms with Gasteiger partial charge in [0.1, 0.15) is 13.1 Å². The second kappa shape index (κ2) is 15.4. The summed E-state index contributed by atoms with van der Waals surface area (Å²) in [6, 6.07) is 8.59. The standard InChI is InChI=1S/2C10H16N.2ClH/c2*1-3-4-7-11-8-5-10(2)6-9-11;;/h2*5-6,8-9H,3-4,7H2,1-2H3;2*1H/q2*+1;;/p-2. The van der Waals surface area contributed by atoms with Crippen LogP contribution >= 0.6 is 0 Å². The summed E-state index contributed by atoms with van der Waals surface area (Å²) >= 11 is 0. The molecule has 0 N–H and O–H groups in total. The van der Waals surface area contributed by atoms with Crippen molar-refractivity contribution in [3.8, 4) is 0 Å². The maximum atomic E-state index is 2.23.